The predicted octanol–water partition coefficient (Wildman–Crippen LogP) is 3.23. The average molecular weight is 452 g/mol. The van der Waals surface area contributed by atoms with E-state index in [1.807, 2.05) is 0 Å². The van der Waals surface area contributed by atoms with Gasteiger partial charge < -0.3 is 9.47 Å². The third-order valence-electron chi connectivity index (χ3n) is 6.89. The third-order valence-corrected chi connectivity index (χ3v) is 6.89. The summed E-state index contributed by atoms with van der Waals surface area (Å²) in [6, 6.07) is 7.52. The molecule has 0 saturated carbocycles. The van der Waals surface area contributed by atoms with Crippen LogP contribution in [0.15, 0.2) is 35.4 Å². The van der Waals surface area contributed by atoms with Crippen molar-refractivity contribution in [3.63, 3.8) is 0 Å². The van der Waals surface area contributed by atoms with Crippen molar-refractivity contribution in [2.45, 2.75) is 58.3 Å². The van der Waals surface area contributed by atoms with E-state index in [0.717, 1.165) is 48.2 Å². The molecule has 1 saturated heterocycles. The molecular weight excluding hydrogens is 421 g/mol. The molecule has 3 aromatic rings. The van der Waals surface area contributed by atoms with Crippen molar-refractivity contribution < 1.29 is 4.39 Å². The summed E-state index contributed by atoms with van der Waals surface area (Å²) in [5.74, 6) is -0.472. The van der Waals surface area contributed by atoms with Crippen LogP contribution in [0.5, 0.6) is 0 Å². The highest BCUT2D eigenvalue weighted by Gasteiger charge is 2.36. The third kappa shape index (κ3) is 4.23. The Morgan fingerprint density at radius 1 is 1.24 bits per heavy atom. The second-order valence-corrected chi connectivity index (χ2v) is 8.71. The van der Waals surface area contributed by atoms with Gasteiger partial charge in [-0.1, -0.05) is 19.9 Å². The van der Waals surface area contributed by atoms with Gasteiger partial charge in [0.05, 0.1) is 23.5 Å². The van der Waals surface area contributed by atoms with E-state index >= 15 is 0 Å². The van der Waals surface area contributed by atoms with E-state index in [4.69, 9.17) is 5.26 Å². The number of nitrogens with zero attached hydrogens (tertiary/aromatic N) is 7. The molecule has 1 aliphatic rings. The summed E-state index contributed by atoms with van der Waals surface area (Å²) in [6.07, 6.45) is 5.22. The van der Waals surface area contributed by atoms with Crippen molar-refractivity contribution in [2.75, 3.05) is 18.0 Å². The van der Waals surface area contributed by atoms with Crippen LogP contribution in [-0.2, 0) is 13.6 Å². The Hall–Kier alpha value is -3.25. The van der Waals surface area contributed by atoms with Gasteiger partial charge in [-0.2, -0.15) is 14.8 Å². The number of anilines is 1. The van der Waals surface area contributed by atoms with Crippen molar-refractivity contribution in [1.29, 1.82) is 5.26 Å². The van der Waals surface area contributed by atoms with E-state index in [9.17, 15) is 9.18 Å². The minimum Gasteiger partial charge on any atom is -0.364 e. The van der Waals surface area contributed by atoms with Crippen LogP contribution in [0.3, 0.4) is 0 Å². The van der Waals surface area contributed by atoms with Crippen LogP contribution in [0.2, 0.25) is 0 Å². The summed E-state index contributed by atoms with van der Waals surface area (Å²) in [4.78, 5) is 21.4. The van der Waals surface area contributed by atoms with Crippen LogP contribution >= 0.6 is 0 Å². The fourth-order valence-corrected chi connectivity index (χ4v) is 4.89. The first kappa shape index (κ1) is 22.9. The van der Waals surface area contributed by atoms with E-state index in [1.165, 1.54) is 6.07 Å². The lowest BCUT2D eigenvalue weighted by molar-refractivity contribution is 0.101. The van der Waals surface area contributed by atoms with E-state index in [-0.39, 0.29) is 30.2 Å². The number of hydrogen-bond donors (Lipinski definition) is 0. The number of hydrogen-bond acceptors (Lipinski definition) is 6. The summed E-state index contributed by atoms with van der Waals surface area (Å²) >= 11 is 0. The normalized spacial score (nSPS) is 20.2. The predicted molar refractivity (Wildman–Crippen MR) is 125 cm³/mol. The fraction of sp³-hybridized carbons (Fsp3) is 0.500. The largest absolute Gasteiger partial charge is 0.364 e. The molecule has 8 nitrogen and oxygen atoms in total. The van der Waals surface area contributed by atoms with Crippen LogP contribution in [0.1, 0.15) is 45.2 Å². The number of halogens is 1. The molecule has 33 heavy (non-hydrogen) atoms. The molecule has 1 aliphatic heterocycles. The molecule has 0 aromatic carbocycles. The topological polar surface area (TPSA) is 83.0 Å². The minimum atomic E-state index is -0.472. The van der Waals surface area contributed by atoms with Gasteiger partial charge in [0, 0.05) is 50.5 Å². The molecule has 0 spiro atoms. The highest BCUT2D eigenvalue weighted by molar-refractivity contribution is 5.88. The van der Waals surface area contributed by atoms with E-state index < -0.39 is 5.95 Å². The maximum Gasteiger partial charge on any atom is 0.252 e. The molecule has 0 radical (unpaired) electrons. The highest BCUT2D eigenvalue weighted by atomic mass is 19.1. The molecule has 9 heteroatoms. The molecular formula is C24H30FN7O. The van der Waals surface area contributed by atoms with Crippen LogP contribution in [0.4, 0.5) is 10.1 Å². The Morgan fingerprint density at radius 2 is 2.00 bits per heavy atom. The Kier molecular flexibility index (Phi) is 6.47. The Labute approximate surface area is 192 Å². The van der Waals surface area contributed by atoms with Crippen LogP contribution in [0, 0.1) is 17.3 Å². The molecule has 174 valence electrons. The molecule has 4 heterocycles. The minimum absolute atomic E-state index is 0.0925. The molecule has 4 rings (SSSR count). The second kappa shape index (κ2) is 9.32. The summed E-state index contributed by atoms with van der Waals surface area (Å²) < 4.78 is 16.5. The molecule has 1 unspecified atom stereocenters. The fourth-order valence-electron chi connectivity index (χ4n) is 4.89. The molecule has 3 aromatic heterocycles. The van der Waals surface area contributed by atoms with Crippen molar-refractivity contribution in [3.8, 4) is 6.07 Å². The first-order chi connectivity index (χ1) is 15.9. The zero-order chi connectivity index (χ0) is 23.7. The van der Waals surface area contributed by atoms with Crippen molar-refractivity contribution >= 4 is 16.7 Å². The van der Waals surface area contributed by atoms with Crippen molar-refractivity contribution in [3.05, 3.63) is 52.5 Å². The summed E-state index contributed by atoms with van der Waals surface area (Å²) in [5, 5.41) is 13.7. The second-order valence-electron chi connectivity index (χ2n) is 8.71. The van der Waals surface area contributed by atoms with Crippen LogP contribution < -0.4 is 10.5 Å². The number of nitriles is 1. The number of aryl methyl sites for hydroxylation is 1. The van der Waals surface area contributed by atoms with Crippen LogP contribution in [0.25, 0.3) is 11.0 Å². The standard InChI is InChI=1S/C24H30FN7O/c1-5-18-14-32(19(6-2)13-31(18)16(3)17-7-8-22(25)27-12-17)20-11-23(33)29(4)21-15-30(10-9-26)28-24(20)21/h7-8,11-12,15-16,18-19H,5-6,10,13-14H2,1-4H3/t16?,18-,19+/m1/s1. The Bertz CT molecular complexity index is 1230. The lowest BCUT2D eigenvalue weighted by Crippen LogP contribution is -2.58. The smallest absolute Gasteiger partial charge is 0.252 e. The zero-order valence-corrected chi connectivity index (χ0v) is 19.6. The molecule has 0 bridgehead atoms. The lowest BCUT2D eigenvalue weighted by atomic mass is 9.97. The number of rotatable bonds is 6. The van der Waals surface area contributed by atoms with Gasteiger partial charge in [-0.3, -0.25) is 14.4 Å². The Morgan fingerprint density at radius 3 is 2.64 bits per heavy atom. The monoisotopic (exact) mass is 451 g/mol. The number of pyridine rings is 2. The maximum absolute atomic E-state index is 13.3. The van der Waals surface area contributed by atoms with Crippen molar-refractivity contribution in [2.24, 2.45) is 7.05 Å². The maximum atomic E-state index is 13.3. The summed E-state index contributed by atoms with van der Waals surface area (Å²) in [6.45, 7) is 8.15. The van der Waals surface area contributed by atoms with Crippen LogP contribution in [-0.4, -0.2) is 49.4 Å². The summed E-state index contributed by atoms with van der Waals surface area (Å²) in [7, 11) is 1.73. The first-order valence-electron chi connectivity index (χ1n) is 11.5. The van der Waals surface area contributed by atoms with Gasteiger partial charge in [-0.15, -0.1) is 0 Å². The SMILES string of the molecule is CC[C@H]1CN(C(C)c2ccc(F)nc2)[C@H](CC)CN1c1cc(=O)n(C)c2cn(CC#N)nc12. The van der Waals surface area contributed by atoms with Gasteiger partial charge in [-0.05, 0) is 31.4 Å². The molecule has 3 atom stereocenters. The highest BCUT2D eigenvalue weighted by Crippen LogP contribution is 2.34. The van der Waals surface area contributed by atoms with Gasteiger partial charge >= 0.3 is 0 Å². The average Bonchev–Trinajstić information content (AvgIpc) is 3.25. The van der Waals surface area contributed by atoms with Gasteiger partial charge in [0.25, 0.3) is 5.56 Å². The summed E-state index contributed by atoms with van der Waals surface area (Å²) in [5.41, 5.74) is 3.19. The number of fused-ring (bicyclic) bond motifs is 1. The van der Waals surface area contributed by atoms with E-state index in [2.05, 4.69) is 46.7 Å². The molecule has 0 amide bonds. The first-order valence-corrected chi connectivity index (χ1v) is 11.5. The number of aromatic nitrogens is 4. The molecule has 1 fully saturated rings. The quantitative estimate of drug-likeness (QED) is 0.535. The van der Waals surface area contributed by atoms with Crippen molar-refractivity contribution in [1.82, 2.24) is 24.2 Å². The van der Waals surface area contributed by atoms with Gasteiger partial charge in [-0.25, -0.2) is 4.98 Å². The zero-order valence-electron chi connectivity index (χ0n) is 19.6. The number of piperazine rings is 1. The van der Waals surface area contributed by atoms with E-state index in [0.29, 0.717) is 0 Å². The van der Waals surface area contributed by atoms with Gasteiger partial charge in [0.15, 0.2) is 0 Å². The van der Waals surface area contributed by atoms with Gasteiger partial charge in [0.2, 0.25) is 5.95 Å². The van der Waals surface area contributed by atoms with E-state index in [1.54, 1.807) is 40.8 Å². The molecule has 0 aliphatic carbocycles. The Balaban J connectivity index is 1.72. The molecule has 0 N–H and O–H groups in total. The lowest BCUT2D eigenvalue weighted by Gasteiger charge is -2.49. The van der Waals surface area contributed by atoms with Gasteiger partial charge in [0.1, 0.15) is 12.1 Å².